The highest BCUT2D eigenvalue weighted by Crippen LogP contribution is 2.73. The molecule has 2 N–H and O–H groups in total. The molecule has 4 aliphatic rings. The molecule has 37 heavy (non-hydrogen) atoms. The zero-order valence-corrected chi connectivity index (χ0v) is 25.8. The number of hydrogen-bond donors (Lipinski definition) is 2. The van der Waals surface area contributed by atoms with E-state index in [9.17, 15) is 19.1 Å². The second kappa shape index (κ2) is 9.28. The Kier molecular flexibility index (Phi) is 7.40. The van der Waals surface area contributed by atoms with Crippen molar-refractivity contribution >= 4 is 13.6 Å². The number of hydrogen-bond acceptors (Lipinski definition) is 3. The van der Waals surface area contributed by atoms with E-state index in [4.69, 9.17) is 4.52 Å². The predicted octanol–water partition coefficient (Wildman–Crippen LogP) is 8.10. The average Bonchev–Trinajstić information content (AvgIpc) is 3.00. The van der Waals surface area contributed by atoms with E-state index < -0.39 is 13.9 Å². The molecule has 0 bridgehead atoms. The minimum absolute atomic E-state index is 0.000201. The summed E-state index contributed by atoms with van der Waals surface area (Å²) < 4.78 is 16.8. The third-order valence-corrected chi connectivity index (χ3v) is 12.5. The van der Waals surface area contributed by atoms with Crippen LogP contribution in [-0.2, 0) is 13.9 Å². The van der Waals surface area contributed by atoms with Gasteiger partial charge >= 0.3 is 7.82 Å². The minimum Gasteiger partial charge on any atom is -0.303 e. The first kappa shape index (κ1) is 29.5. The van der Waals surface area contributed by atoms with Gasteiger partial charge in [-0.1, -0.05) is 74.3 Å². The number of carbonyl (C=O) groups excluding carboxylic acids is 1. The van der Waals surface area contributed by atoms with Gasteiger partial charge in [0.05, 0.1) is 6.10 Å². The molecule has 0 aromatic rings. The third-order valence-electron chi connectivity index (χ3n) is 12.0. The van der Waals surface area contributed by atoms with Crippen molar-refractivity contribution in [3.63, 3.8) is 0 Å². The molecule has 1 unspecified atom stereocenters. The van der Waals surface area contributed by atoms with Crippen LogP contribution in [0.1, 0.15) is 120 Å². The van der Waals surface area contributed by atoms with Crippen LogP contribution in [0.2, 0.25) is 0 Å². The fraction of sp³-hybridized carbons (Fsp3) is 0.903. The van der Waals surface area contributed by atoms with Crippen molar-refractivity contribution in [1.82, 2.24) is 0 Å². The molecule has 212 valence electrons. The van der Waals surface area contributed by atoms with Gasteiger partial charge in [-0.3, -0.25) is 9.32 Å². The van der Waals surface area contributed by atoms with E-state index in [-0.39, 0.29) is 39.3 Å². The second-order valence-electron chi connectivity index (χ2n) is 15.9. The van der Waals surface area contributed by atoms with Crippen LogP contribution in [0.5, 0.6) is 0 Å². The molecule has 4 aliphatic carbocycles. The molecule has 5 nitrogen and oxygen atoms in total. The minimum atomic E-state index is -4.59. The van der Waals surface area contributed by atoms with Crippen molar-refractivity contribution in [3.8, 4) is 0 Å². The van der Waals surface area contributed by atoms with Gasteiger partial charge in [-0.15, -0.1) is 0 Å². The molecule has 3 fully saturated rings. The molecule has 0 heterocycles. The van der Waals surface area contributed by atoms with Crippen LogP contribution in [0.15, 0.2) is 11.6 Å². The average molecular weight is 537 g/mol. The first-order valence-electron chi connectivity index (χ1n) is 14.7. The van der Waals surface area contributed by atoms with Gasteiger partial charge in [-0.25, -0.2) is 4.57 Å². The van der Waals surface area contributed by atoms with E-state index in [1.54, 1.807) is 0 Å². The Balaban J connectivity index is 1.62. The lowest BCUT2D eigenvalue weighted by Crippen LogP contribution is -2.57. The molecule has 0 spiro atoms. The summed E-state index contributed by atoms with van der Waals surface area (Å²) >= 11 is 0. The molecular formula is C31H53O5P. The fourth-order valence-corrected chi connectivity index (χ4v) is 10.5. The Bertz CT molecular complexity index is 988. The standard InChI is InChI=1S/C31H53O5P/c1-20-19-29(7)21-11-15-31(9)26(28(5,6)14-10-13-27(2,3)4)12-16-30(31,8)22(21)17-24(32)23(29)18-25(20)36-37(33,34)35/h17,20-21,23,25-26H,10-16,18-19H2,1-9H3,(H2,33,34,35)/t20-,21?,23-,25+,26+,29+,30-,31+/m0/s1. The van der Waals surface area contributed by atoms with Crippen LogP contribution < -0.4 is 0 Å². The van der Waals surface area contributed by atoms with Crippen molar-refractivity contribution in [3.05, 3.63) is 11.6 Å². The van der Waals surface area contributed by atoms with Gasteiger partial charge in [-0.05, 0) is 102 Å². The molecule has 4 rings (SSSR count). The zero-order valence-electron chi connectivity index (χ0n) is 24.9. The first-order chi connectivity index (χ1) is 16.7. The third kappa shape index (κ3) is 5.09. The summed E-state index contributed by atoms with van der Waals surface area (Å²) in [6.45, 7) is 21.3. The SMILES string of the molecule is C[C@H]1C[C@]2(C)C3CC[C@]4(C)[C@@H](C(C)(C)CCCC(C)(C)C)CC[C@@]4(C)C3=CC(=O)[C@@H]2C[C@H]1OP(=O)(O)O. The lowest BCUT2D eigenvalue weighted by molar-refractivity contribution is -0.138. The molecule has 0 amide bonds. The first-order valence-corrected chi connectivity index (χ1v) is 16.3. The van der Waals surface area contributed by atoms with Gasteiger partial charge in [0.25, 0.3) is 0 Å². The van der Waals surface area contributed by atoms with Gasteiger partial charge < -0.3 is 9.79 Å². The summed E-state index contributed by atoms with van der Waals surface area (Å²) in [5.74, 6) is 0.916. The largest absolute Gasteiger partial charge is 0.469 e. The number of fused-ring (bicyclic) bond motifs is 5. The number of ketones is 1. The van der Waals surface area contributed by atoms with Crippen LogP contribution >= 0.6 is 7.82 Å². The normalized spacial score (nSPS) is 42.6. The topological polar surface area (TPSA) is 83.8 Å². The Morgan fingerprint density at radius 1 is 1.03 bits per heavy atom. The van der Waals surface area contributed by atoms with Crippen LogP contribution in [0.25, 0.3) is 0 Å². The Labute approximate surface area is 225 Å². The van der Waals surface area contributed by atoms with E-state index in [0.717, 1.165) is 19.3 Å². The summed E-state index contributed by atoms with van der Waals surface area (Å²) in [5.41, 5.74) is 2.04. The lowest BCUT2D eigenvalue weighted by Gasteiger charge is -2.62. The van der Waals surface area contributed by atoms with Gasteiger partial charge in [0.1, 0.15) is 0 Å². The van der Waals surface area contributed by atoms with Gasteiger partial charge in [-0.2, -0.15) is 0 Å². The van der Waals surface area contributed by atoms with Crippen molar-refractivity contribution in [2.24, 2.45) is 50.7 Å². The van der Waals surface area contributed by atoms with Crippen LogP contribution in [0.4, 0.5) is 0 Å². The molecule has 0 saturated heterocycles. The van der Waals surface area contributed by atoms with E-state index >= 15 is 0 Å². The summed E-state index contributed by atoms with van der Waals surface area (Å²) in [5, 5.41) is 0. The Hall–Kier alpha value is -0.480. The van der Waals surface area contributed by atoms with Gasteiger partial charge in [0.2, 0.25) is 0 Å². The van der Waals surface area contributed by atoms with Crippen LogP contribution in [-0.4, -0.2) is 21.7 Å². The number of allylic oxidation sites excluding steroid dienone is 2. The summed E-state index contributed by atoms with van der Waals surface area (Å²) in [4.78, 5) is 32.6. The predicted molar refractivity (Wildman–Crippen MR) is 149 cm³/mol. The molecule has 0 aromatic carbocycles. The maximum absolute atomic E-state index is 13.7. The number of rotatable bonds is 6. The van der Waals surface area contributed by atoms with Gasteiger partial charge in [0, 0.05) is 5.92 Å². The number of carbonyl (C=O) groups is 1. The Morgan fingerprint density at radius 2 is 1.68 bits per heavy atom. The highest BCUT2D eigenvalue weighted by molar-refractivity contribution is 7.46. The number of phosphoric acid groups is 1. The molecule has 3 saturated carbocycles. The van der Waals surface area contributed by atoms with Crippen LogP contribution in [0.3, 0.4) is 0 Å². The maximum Gasteiger partial charge on any atom is 0.469 e. The second-order valence-corrected chi connectivity index (χ2v) is 17.1. The highest BCUT2D eigenvalue weighted by Gasteiger charge is 2.66. The zero-order chi connectivity index (χ0) is 27.8. The van der Waals surface area contributed by atoms with Crippen molar-refractivity contribution in [2.75, 3.05) is 0 Å². The molecule has 0 aliphatic heterocycles. The lowest BCUT2D eigenvalue weighted by atomic mass is 9.42. The number of phosphoric ester groups is 1. The van der Waals surface area contributed by atoms with Crippen LogP contribution in [0, 0.1) is 50.7 Å². The van der Waals surface area contributed by atoms with Crippen molar-refractivity contribution in [1.29, 1.82) is 0 Å². The van der Waals surface area contributed by atoms with E-state index in [1.165, 1.54) is 37.7 Å². The monoisotopic (exact) mass is 536 g/mol. The molecular weight excluding hydrogens is 483 g/mol. The van der Waals surface area contributed by atoms with Crippen molar-refractivity contribution in [2.45, 2.75) is 126 Å². The summed E-state index contributed by atoms with van der Waals surface area (Å²) in [7, 11) is -4.59. The smallest absolute Gasteiger partial charge is 0.303 e. The molecule has 8 atom stereocenters. The fourth-order valence-electron chi connectivity index (χ4n) is 9.88. The van der Waals surface area contributed by atoms with Gasteiger partial charge in [0.15, 0.2) is 5.78 Å². The maximum atomic E-state index is 13.7. The highest BCUT2D eigenvalue weighted by atomic mass is 31.2. The molecule has 0 radical (unpaired) electrons. The Morgan fingerprint density at radius 3 is 2.27 bits per heavy atom. The van der Waals surface area contributed by atoms with E-state index in [0.29, 0.717) is 23.7 Å². The van der Waals surface area contributed by atoms with E-state index in [2.05, 4.69) is 55.4 Å². The molecule has 6 heteroatoms. The summed E-state index contributed by atoms with van der Waals surface area (Å²) in [6, 6.07) is 0. The van der Waals surface area contributed by atoms with E-state index in [1.807, 2.05) is 13.0 Å². The quantitative estimate of drug-likeness (QED) is 0.335. The van der Waals surface area contributed by atoms with Crippen molar-refractivity contribution < 1.29 is 23.7 Å². The summed E-state index contributed by atoms with van der Waals surface area (Å²) in [6.07, 6.45) is 11.0. The molecule has 0 aromatic heterocycles.